The number of nitro groups is 1. The van der Waals surface area contributed by atoms with Crippen molar-refractivity contribution in [1.29, 1.82) is 0 Å². The maximum atomic E-state index is 12.5. The van der Waals surface area contributed by atoms with Crippen LogP contribution in [-0.4, -0.2) is 23.3 Å². The fourth-order valence-corrected chi connectivity index (χ4v) is 3.48. The number of nitrogens with one attached hydrogen (secondary N) is 1. The average Bonchev–Trinajstić information content (AvgIpc) is 2.55. The van der Waals surface area contributed by atoms with E-state index < -0.39 is 20.6 Å². The number of fused-ring (bicyclic) bond motifs is 1. The van der Waals surface area contributed by atoms with Crippen LogP contribution in [0, 0.1) is 10.1 Å². The molecule has 0 aliphatic heterocycles. The van der Waals surface area contributed by atoms with Gasteiger partial charge in [0.25, 0.3) is 15.7 Å². The standard InChI is InChI=1S/C14H8Cl2N4O4S/c15-9-6-5-8(7-12(9)20(21)22)25(23,24)19-14-13(16)17-10-3-1-2-4-11(10)18-14/h1-7H,(H,18,19). The third-order valence-corrected chi connectivity index (χ3v) is 5.10. The SMILES string of the molecule is O=[N+]([O-])c1cc(S(=O)(=O)Nc2nc3ccccc3nc2Cl)ccc1Cl. The Hall–Kier alpha value is -2.49. The molecular weight excluding hydrogens is 391 g/mol. The number of nitro benzene ring substituents is 1. The van der Waals surface area contributed by atoms with E-state index in [1.165, 1.54) is 0 Å². The number of halogens is 2. The monoisotopic (exact) mass is 398 g/mol. The van der Waals surface area contributed by atoms with Gasteiger partial charge in [0.15, 0.2) is 11.0 Å². The largest absolute Gasteiger partial charge is 0.289 e. The number of hydrogen-bond acceptors (Lipinski definition) is 6. The zero-order valence-electron chi connectivity index (χ0n) is 12.2. The van der Waals surface area contributed by atoms with E-state index in [4.69, 9.17) is 23.2 Å². The molecule has 0 aliphatic carbocycles. The molecule has 8 nitrogen and oxygen atoms in total. The molecule has 11 heteroatoms. The van der Waals surface area contributed by atoms with Gasteiger partial charge < -0.3 is 0 Å². The highest BCUT2D eigenvalue weighted by Gasteiger charge is 2.22. The van der Waals surface area contributed by atoms with Crippen LogP contribution in [0.1, 0.15) is 0 Å². The first-order chi connectivity index (χ1) is 11.8. The molecule has 0 atom stereocenters. The van der Waals surface area contributed by atoms with Crippen LogP contribution in [0.5, 0.6) is 0 Å². The van der Waals surface area contributed by atoms with E-state index in [9.17, 15) is 18.5 Å². The van der Waals surface area contributed by atoms with Crippen molar-refractivity contribution in [2.24, 2.45) is 0 Å². The Morgan fingerprint density at radius 2 is 1.68 bits per heavy atom. The highest BCUT2D eigenvalue weighted by Crippen LogP contribution is 2.29. The highest BCUT2D eigenvalue weighted by atomic mass is 35.5. The van der Waals surface area contributed by atoms with Crippen LogP contribution in [-0.2, 0) is 10.0 Å². The molecule has 128 valence electrons. The molecule has 0 amide bonds. The molecular formula is C14H8Cl2N4O4S. The number of aromatic nitrogens is 2. The zero-order valence-corrected chi connectivity index (χ0v) is 14.5. The summed E-state index contributed by atoms with van der Waals surface area (Å²) in [7, 11) is -4.18. The van der Waals surface area contributed by atoms with Crippen molar-refractivity contribution in [1.82, 2.24) is 9.97 Å². The lowest BCUT2D eigenvalue weighted by atomic mass is 10.3. The molecule has 1 aromatic heterocycles. The van der Waals surface area contributed by atoms with Gasteiger partial charge in [0.05, 0.1) is 20.9 Å². The van der Waals surface area contributed by atoms with Gasteiger partial charge >= 0.3 is 0 Å². The lowest BCUT2D eigenvalue weighted by molar-refractivity contribution is -0.384. The average molecular weight is 399 g/mol. The predicted molar refractivity (Wildman–Crippen MR) is 93.5 cm³/mol. The van der Waals surface area contributed by atoms with Crippen LogP contribution in [0.4, 0.5) is 11.5 Å². The molecule has 25 heavy (non-hydrogen) atoms. The van der Waals surface area contributed by atoms with E-state index in [0.29, 0.717) is 11.0 Å². The maximum absolute atomic E-state index is 12.5. The molecule has 0 radical (unpaired) electrons. The van der Waals surface area contributed by atoms with Crippen molar-refractivity contribution >= 4 is 55.8 Å². The third kappa shape index (κ3) is 3.48. The van der Waals surface area contributed by atoms with Crippen LogP contribution >= 0.6 is 23.2 Å². The van der Waals surface area contributed by atoms with Gasteiger partial charge in [-0.05, 0) is 24.3 Å². The van der Waals surface area contributed by atoms with E-state index in [0.717, 1.165) is 18.2 Å². The fraction of sp³-hybridized carbons (Fsp3) is 0. The molecule has 3 aromatic rings. The normalized spacial score (nSPS) is 11.4. The van der Waals surface area contributed by atoms with Crippen LogP contribution in [0.2, 0.25) is 10.2 Å². The van der Waals surface area contributed by atoms with Gasteiger partial charge in [-0.2, -0.15) is 0 Å². The molecule has 1 N–H and O–H groups in total. The molecule has 2 aromatic carbocycles. The Kier molecular flexibility index (Phi) is 4.46. The summed E-state index contributed by atoms with van der Waals surface area (Å²) in [6.45, 7) is 0. The number of para-hydroxylation sites is 2. The predicted octanol–water partition coefficient (Wildman–Crippen LogP) is 3.65. The van der Waals surface area contributed by atoms with Gasteiger partial charge in [-0.3, -0.25) is 14.8 Å². The Bertz CT molecular complexity index is 1110. The number of anilines is 1. The second-order valence-corrected chi connectivity index (χ2v) is 7.28. The minimum Gasteiger partial charge on any atom is -0.261 e. The van der Waals surface area contributed by atoms with Gasteiger partial charge in [-0.25, -0.2) is 18.4 Å². The van der Waals surface area contributed by atoms with Gasteiger partial charge in [0, 0.05) is 6.07 Å². The minimum absolute atomic E-state index is 0.147. The smallest absolute Gasteiger partial charge is 0.261 e. The first-order valence-electron chi connectivity index (χ1n) is 6.67. The molecule has 0 spiro atoms. The van der Waals surface area contributed by atoms with Crippen molar-refractivity contribution in [2.75, 3.05) is 4.72 Å². The zero-order chi connectivity index (χ0) is 18.2. The van der Waals surface area contributed by atoms with Gasteiger partial charge in [-0.15, -0.1) is 0 Å². The second-order valence-electron chi connectivity index (χ2n) is 4.83. The molecule has 3 rings (SSSR count). The van der Waals surface area contributed by atoms with Crippen LogP contribution in [0.15, 0.2) is 47.4 Å². The van der Waals surface area contributed by atoms with Crippen LogP contribution in [0.25, 0.3) is 11.0 Å². The fourth-order valence-electron chi connectivity index (χ4n) is 2.03. The summed E-state index contributed by atoms with van der Waals surface area (Å²) in [4.78, 5) is 18.0. The Labute approximate surface area is 151 Å². The molecule has 0 aliphatic rings. The quantitative estimate of drug-likeness (QED) is 0.529. The summed E-state index contributed by atoms with van der Waals surface area (Å²) < 4.78 is 27.1. The summed E-state index contributed by atoms with van der Waals surface area (Å²) in [5, 5.41) is 10.6. The number of benzene rings is 2. The van der Waals surface area contributed by atoms with Crippen molar-refractivity contribution in [2.45, 2.75) is 4.90 Å². The van der Waals surface area contributed by atoms with Crippen LogP contribution < -0.4 is 4.72 Å². The summed E-state index contributed by atoms with van der Waals surface area (Å²) in [6.07, 6.45) is 0. The Morgan fingerprint density at radius 1 is 1.04 bits per heavy atom. The third-order valence-electron chi connectivity index (χ3n) is 3.18. The molecule has 0 saturated carbocycles. The van der Waals surface area contributed by atoms with Crippen molar-refractivity contribution in [3.05, 3.63) is 62.8 Å². The van der Waals surface area contributed by atoms with Crippen molar-refractivity contribution < 1.29 is 13.3 Å². The summed E-state index contributed by atoms with van der Waals surface area (Å²) in [6, 6.07) is 9.89. The Balaban J connectivity index is 2.04. The number of hydrogen-bond donors (Lipinski definition) is 1. The van der Waals surface area contributed by atoms with E-state index in [1.807, 2.05) is 0 Å². The number of nitrogens with zero attached hydrogens (tertiary/aromatic N) is 3. The van der Waals surface area contributed by atoms with E-state index in [-0.39, 0.29) is 20.9 Å². The first-order valence-corrected chi connectivity index (χ1v) is 8.91. The van der Waals surface area contributed by atoms with Crippen molar-refractivity contribution in [3.63, 3.8) is 0 Å². The number of rotatable bonds is 4. The highest BCUT2D eigenvalue weighted by molar-refractivity contribution is 7.92. The first kappa shape index (κ1) is 17.3. The van der Waals surface area contributed by atoms with Gasteiger partial charge in [0.2, 0.25) is 0 Å². The van der Waals surface area contributed by atoms with E-state index in [2.05, 4.69) is 14.7 Å². The lowest BCUT2D eigenvalue weighted by Gasteiger charge is -2.09. The molecule has 0 unspecified atom stereocenters. The maximum Gasteiger partial charge on any atom is 0.289 e. The molecule has 0 saturated heterocycles. The molecule has 1 heterocycles. The number of sulfonamides is 1. The van der Waals surface area contributed by atoms with Crippen LogP contribution in [0.3, 0.4) is 0 Å². The van der Waals surface area contributed by atoms with Crippen molar-refractivity contribution in [3.8, 4) is 0 Å². The van der Waals surface area contributed by atoms with E-state index >= 15 is 0 Å². The minimum atomic E-state index is -4.18. The lowest BCUT2D eigenvalue weighted by Crippen LogP contribution is -2.15. The molecule has 0 fully saturated rings. The summed E-state index contributed by atoms with van der Waals surface area (Å²) in [5.74, 6) is -0.182. The Morgan fingerprint density at radius 3 is 2.32 bits per heavy atom. The van der Waals surface area contributed by atoms with E-state index in [1.54, 1.807) is 24.3 Å². The van der Waals surface area contributed by atoms with Gasteiger partial charge in [0.1, 0.15) is 5.02 Å². The summed E-state index contributed by atoms with van der Waals surface area (Å²) >= 11 is 11.7. The topological polar surface area (TPSA) is 115 Å². The molecule has 0 bridgehead atoms. The second kappa shape index (κ2) is 6.43. The van der Waals surface area contributed by atoms with Gasteiger partial charge in [-0.1, -0.05) is 35.3 Å². The summed E-state index contributed by atoms with van der Waals surface area (Å²) in [5.41, 5.74) is 0.407.